The van der Waals surface area contributed by atoms with Crippen molar-refractivity contribution in [3.63, 3.8) is 0 Å². The van der Waals surface area contributed by atoms with Crippen molar-refractivity contribution in [3.05, 3.63) is 17.9 Å². The fourth-order valence-corrected chi connectivity index (χ4v) is 0.595. The summed E-state index contributed by atoms with van der Waals surface area (Å²) in [5.74, 6) is 0.532. The van der Waals surface area contributed by atoms with Gasteiger partial charge < -0.3 is 9.15 Å². The lowest BCUT2D eigenvalue weighted by molar-refractivity contribution is 0.256. The van der Waals surface area contributed by atoms with Gasteiger partial charge in [0.05, 0.1) is 6.61 Å². The van der Waals surface area contributed by atoms with Gasteiger partial charge in [-0.05, 0) is 13.0 Å². The lowest BCUT2D eigenvalue weighted by Gasteiger charge is -1.93. The van der Waals surface area contributed by atoms with Crippen molar-refractivity contribution in [1.82, 2.24) is 0 Å². The van der Waals surface area contributed by atoms with E-state index in [2.05, 4.69) is 0 Å². The molecule has 0 atom stereocenters. The Morgan fingerprint density at radius 3 is 3.00 bits per heavy atom. The molecule has 0 aliphatic carbocycles. The Balaban J connectivity index is 2.68. The van der Waals surface area contributed by atoms with Crippen LogP contribution in [0.15, 0.2) is 16.5 Å². The van der Waals surface area contributed by atoms with E-state index < -0.39 is 0 Å². The predicted molar refractivity (Wildman–Crippen MR) is 34.7 cm³/mol. The Bertz CT molecular complexity index is 214. The van der Waals surface area contributed by atoms with E-state index in [9.17, 15) is 4.79 Å². The molecule has 0 N–H and O–H groups in total. The minimum absolute atomic E-state index is 0.170. The third-order valence-corrected chi connectivity index (χ3v) is 0.969. The highest BCUT2D eigenvalue weighted by atomic mass is 16.6. The largest absolute Gasteiger partial charge is 0.465 e. The summed E-state index contributed by atoms with van der Waals surface area (Å²) >= 11 is 0. The Morgan fingerprint density at radius 2 is 2.50 bits per heavy atom. The highest BCUT2D eigenvalue weighted by molar-refractivity contribution is 5.71. The Hall–Kier alpha value is -1.25. The molecule has 1 rings (SSSR count). The molecule has 0 saturated heterocycles. The van der Waals surface area contributed by atoms with Crippen LogP contribution in [0.5, 0.6) is 5.95 Å². The minimum Gasteiger partial charge on any atom is -0.465 e. The quantitative estimate of drug-likeness (QED) is 0.630. The van der Waals surface area contributed by atoms with Crippen LogP contribution in [-0.4, -0.2) is 12.9 Å². The number of furan rings is 1. The van der Waals surface area contributed by atoms with Gasteiger partial charge in [-0.1, -0.05) is 0 Å². The first-order chi connectivity index (χ1) is 4.86. The fraction of sp³-hybridized carbons (Fsp3) is 0.286. The molecule has 3 heteroatoms. The summed E-state index contributed by atoms with van der Waals surface area (Å²) in [6, 6.07) is 3.10. The summed E-state index contributed by atoms with van der Waals surface area (Å²) in [7, 11) is 0. The molecule has 1 aromatic heterocycles. The van der Waals surface area contributed by atoms with Crippen LogP contribution in [0.3, 0.4) is 0 Å². The summed E-state index contributed by atoms with van der Waals surface area (Å²) in [6.07, 6.45) is 1.61. The van der Waals surface area contributed by atoms with Gasteiger partial charge >= 0.3 is 0 Å². The van der Waals surface area contributed by atoms with E-state index in [0.717, 1.165) is 0 Å². The topological polar surface area (TPSA) is 39.4 Å². The third-order valence-electron chi connectivity index (χ3n) is 0.969. The first-order valence-corrected chi connectivity index (χ1v) is 2.97. The number of rotatable bonds is 3. The zero-order chi connectivity index (χ0) is 7.40. The molecule has 1 radical (unpaired) electrons. The number of ether oxygens (including phenoxy) is 1. The molecule has 0 saturated carbocycles. The molecular formula is C7H7O3. The zero-order valence-corrected chi connectivity index (χ0v) is 5.59. The van der Waals surface area contributed by atoms with Gasteiger partial charge in [-0.3, -0.25) is 4.79 Å². The summed E-state index contributed by atoms with van der Waals surface area (Å²) in [5, 5.41) is 0. The van der Waals surface area contributed by atoms with E-state index in [1.165, 1.54) is 6.07 Å². The Labute approximate surface area is 58.6 Å². The number of hydrogen-bond acceptors (Lipinski definition) is 3. The maximum atomic E-state index is 9.95. The zero-order valence-electron chi connectivity index (χ0n) is 5.59. The fourth-order valence-electron chi connectivity index (χ4n) is 0.595. The summed E-state index contributed by atoms with van der Waals surface area (Å²) in [5.41, 5.74) is 0. The number of carbonyl (C=O) groups excluding carboxylic acids is 1. The first-order valence-electron chi connectivity index (χ1n) is 2.97. The molecular weight excluding hydrogens is 132 g/mol. The average Bonchev–Trinajstić information content (AvgIpc) is 2.37. The lowest BCUT2D eigenvalue weighted by Crippen LogP contribution is -1.88. The van der Waals surface area contributed by atoms with Crippen molar-refractivity contribution in [3.8, 4) is 5.95 Å². The van der Waals surface area contributed by atoms with E-state index in [1.54, 1.807) is 12.4 Å². The third kappa shape index (κ3) is 1.37. The average molecular weight is 139 g/mol. The van der Waals surface area contributed by atoms with Crippen LogP contribution < -0.4 is 4.74 Å². The second-order valence-electron chi connectivity index (χ2n) is 1.65. The van der Waals surface area contributed by atoms with Gasteiger partial charge in [0.25, 0.3) is 12.2 Å². The molecule has 0 fully saturated rings. The van der Waals surface area contributed by atoms with Gasteiger partial charge in [0.2, 0.25) is 0 Å². The Kier molecular flexibility index (Phi) is 2.10. The Morgan fingerprint density at radius 1 is 1.70 bits per heavy atom. The molecule has 0 unspecified atom stereocenters. The van der Waals surface area contributed by atoms with Crippen molar-refractivity contribution in [2.24, 2.45) is 0 Å². The van der Waals surface area contributed by atoms with E-state index >= 15 is 0 Å². The highest BCUT2D eigenvalue weighted by Gasteiger charge is 1.99. The molecule has 0 spiro atoms. The summed E-state index contributed by atoms with van der Waals surface area (Å²) in [6.45, 7) is 2.37. The first kappa shape index (κ1) is 6.86. The molecule has 0 amide bonds. The van der Waals surface area contributed by atoms with E-state index in [-0.39, 0.29) is 5.76 Å². The predicted octanol–water partition coefficient (Wildman–Crippen LogP) is 1.14. The minimum atomic E-state index is 0.170. The second-order valence-corrected chi connectivity index (χ2v) is 1.65. The molecule has 0 bridgehead atoms. The van der Waals surface area contributed by atoms with Crippen molar-refractivity contribution in [2.45, 2.75) is 6.92 Å². The van der Waals surface area contributed by atoms with Crippen molar-refractivity contribution >= 4 is 6.29 Å². The van der Waals surface area contributed by atoms with Crippen molar-refractivity contribution in [2.75, 3.05) is 6.61 Å². The van der Waals surface area contributed by atoms with Crippen LogP contribution in [0.2, 0.25) is 0 Å². The molecule has 0 aliphatic rings. The van der Waals surface area contributed by atoms with Crippen molar-refractivity contribution < 1.29 is 13.9 Å². The van der Waals surface area contributed by atoms with Gasteiger partial charge in [0.1, 0.15) is 0 Å². The molecule has 53 valence electrons. The number of hydrogen-bond donors (Lipinski definition) is 0. The lowest BCUT2D eigenvalue weighted by atomic mass is 10.5. The maximum absolute atomic E-state index is 9.95. The van der Waals surface area contributed by atoms with Gasteiger partial charge in [-0.25, -0.2) is 0 Å². The standard InChI is InChI=1S/C7H7O3/c1-2-9-7-4-3-6(5-8)10-7/h3-4H,2H2,1H3. The normalized spacial score (nSPS) is 9.30. The van der Waals surface area contributed by atoms with Crippen molar-refractivity contribution in [1.29, 1.82) is 0 Å². The summed E-state index contributed by atoms with van der Waals surface area (Å²) < 4.78 is 9.77. The molecule has 1 heterocycles. The van der Waals surface area contributed by atoms with Crippen LogP contribution in [0.4, 0.5) is 0 Å². The SMILES string of the molecule is CCOc1ccc([C]=O)o1. The molecule has 1 aromatic rings. The van der Waals surface area contributed by atoms with Crippen LogP contribution in [-0.2, 0) is 4.79 Å². The van der Waals surface area contributed by atoms with Crippen LogP contribution in [0.1, 0.15) is 12.7 Å². The smallest absolute Gasteiger partial charge is 0.284 e. The maximum Gasteiger partial charge on any atom is 0.284 e. The van der Waals surface area contributed by atoms with Gasteiger partial charge in [0.15, 0.2) is 5.76 Å². The molecule has 10 heavy (non-hydrogen) atoms. The molecule has 0 aromatic carbocycles. The second kappa shape index (κ2) is 3.06. The monoisotopic (exact) mass is 139 g/mol. The van der Waals surface area contributed by atoms with E-state index in [1.807, 2.05) is 6.92 Å². The van der Waals surface area contributed by atoms with Gasteiger partial charge in [-0.15, -0.1) is 0 Å². The van der Waals surface area contributed by atoms with Gasteiger partial charge in [-0.2, -0.15) is 0 Å². The highest BCUT2D eigenvalue weighted by Crippen LogP contribution is 2.13. The molecule has 0 aliphatic heterocycles. The van der Waals surface area contributed by atoms with Gasteiger partial charge in [0, 0.05) is 6.07 Å². The van der Waals surface area contributed by atoms with Crippen LogP contribution in [0.25, 0.3) is 0 Å². The summed E-state index contributed by atoms with van der Waals surface area (Å²) in [4.78, 5) is 9.95. The van der Waals surface area contributed by atoms with E-state index in [4.69, 9.17) is 9.15 Å². The van der Waals surface area contributed by atoms with Crippen LogP contribution in [0, 0.1) is 0 Å². The van der Waals surface area contributed by atoms with Crippen LogP contribution >= 0.6 is 0 Å². The molecule has 3 nitrogen and oxygen atoms in total. The van der Waals surface area contributed by atoms with E-state index in [0.29, 0.717) is 12.6 Å².